The molecule has 1 atom stereocenters. The van der Waals surface area contributed by atoms with Crippen molar-refractivity contribution in [3.63, 3.8) is 0 Å². The number of hydrogen-bond donors (Lipinski definition) is 1. The summed E-state index contributed by atoms with van der Waals surface area (Å²) < 4.78 is 0. The molecular formula is C21H23N5OS. The van der Waals surface area contributed by atoms with E-state index in [9.17, 15) is 4.79 Å². The van der Waals surface area contributed by atoms with Crippen molar-refractivity contribution < 1.29 is 4.79 Å². The van der Waals surface area contributed by atoms with Crippen molar-refractivity contribution in [1.82, 2.24) is 20.3 Å². The Morgan fingerprint density at radius 1 is 1.29 bits per heavy atom. The van der Waals surface area contributed by atoms with Gasteiger partial charge in [-0.25, -0.2) is 9.97 Å². The summed E-state index contributed by atoms with van der Waals surface area (Å²) in [6.07, 6.45) is 6.56. The Kier molecular flexibility index (Phi) is 5.62. The van der Waals surface area contributed by atoms with Gasteiger partial charge in [-0.05, 0) is 43.5 Å². The van der Waals surface area contributed by atoms with Gasteiger partial charge in [0, 0.05) is 24.3 Å². The van der Waals surface area contributed by atoms with E-state index in [0.717, 1.165) is 48.0 Å². The number of amides is 1. The Morgan fingerprint density at radius 3 is 2.93 bits per heavy atom. The smallest absolute Gasteiger partial charge is 0.253 e. The summed E-state index contributed by atoms with van der Waals surface area (Å²) in [4.78, 5) is 28.2. The van der Waals surface area contributed by atoms with Crippen molar-refractivity contribution in [3.8, 4) is 0 Å². The zero-order valence-corrected chi connectivity index (χ0v) is 16.7. The van der Waals surface area contributed by atoms with Crippen LogP contribution in [0.25, 0.3) is 0 Å². The average molecular weight is 394 g/mol. The molecule has 3 aromatic rings. The summed E-state index contributed by atoms with van der Waals surface area (Å²) in [6.45, 7) is 3.46. The fourth-order valence-electron chi connectivity index (χ4n) is 3.46. The number of nitrogens with one attached hydrogen (secondary N) is 1. The lowest BCUT2D eigenvalue weighted by molar-refractivity contribution is 0.0950. The van der Waals surface area contributed by atoms with Crippen LogP contribution in [0.2, 0.25) is 0 Å². The first-order valence-corrected chi connectivity index (χ1v) is 10.5. The second-order valence-corrected chi connectivity index (χ2v) is 7.72. The van der Waals surface area contributed by atoms with E-state index in [4.69, 9.17) is 0 Å². The van der Waals surface area contributed by atoms with Gasteiger partial charge in [0.15, 0.2) is 0 Å². The molecule has 4 rings (SSSR count). The molecule has 0 saturated carbocycles. The fraction of sp³-hybridized carbons (Fsp3) is 0.333. The molecular weight excluding hydrogens is 370 g/mol. The monoisotopic (exact) mass is 393 g/mol. The number of rotatable bonds is 6. The van der Waals surface area contributed by atoms with E-state index in [-0.39, 0.29) is 11.9 Å². The number of carbonyl (C=O) groups is 1. The van der Waals surface area contributed by atoms with E-state index in [0.29, 0.717) is 12.1 Å². The molecule has 1 aliphatic rings. The van der Waals surface area contributed by atoms with Crippen LogP contribution >= 0.6 is 11.3 Å². The maximum atomic E-state index is 12.4. The summed E-state index contributed by atoms with van der Waals surface area (Å²) in [7, 11) is 0. The van der Waals surface area contributed by atoms with Crippen molar-refractivity contribution in [1.29, 1.82) is 0 Å². The lowest BCUT2D eigenvalue weighted by Crippen LogP contribution is -2.25. The third kappa shape index (κ3) is 4.04. The Hall–Kier alpha value is -2.80. The predicted octanol–water partition coefficient (Wildman–Crippen LogP) is 3.77. The van der Waals surface area contributed by atoms with Gasteiger partial charge in [-0.15, -0.1) is 11.3 Å². The average Bonchev–Trinajstić information content (AvgIpc) is 3.42. The van der Waals surface area contributed by atoms with Crippen molar-refractivity contribution in [3.05, 3.63) is 70.1 Å². The Morgan fingerprint density at radius 2 is 2.21 bits per heavy atom. The van der Waals surface area contributed by atoms with Crippen molar-refractivity contribution in [2.75, 3.05) is 11.4 Å². The Balaban J connectivity index is 1.41. The molecule has 1 aliphatic heterocycles. The third-order valence-electron chi connectivity index (χ3n) is 4.95. The van der Waals surface area contributed by atoms with Crippen LogP contribution < -0.4 is 10.2 Å². The Bertz CT molecular complexity index is 925. The van der Waals surface area contributed by atoms with Crippen LogP contribution in [0.4, 0.5) is 5.82 Å². The zero-order valence-electron chi connectivity index (χ0n) is 15.8. The van der Waals surface area contributed by atoms with E-state index < -0.39 is 0 Å². The zero-order chi connectivity index (χ0) is 19.3. The number of hydrogen-bond acceptors (Lipinski definition) is 6. The summed E-state index contributed by atoms with van der Waals surface area (Å²) >= 11 is 1.57. The topological polar surface area (TPSA) is 71.0 Å². The van der Waals surface area contributed by atoms with Crippen LogP contribution in [-0.2, 0) is 13.0 Å². The largest absolute Gasteiger partial charge is 0.348 e. The molecule has 0 aliphatic carbocycles. The number of pyridine rings is 2. The molecule has 0 unspecified atom stereocenters. The fourth-order valence-corrected chi connectivity index (χ4v) is 4.28. The molecule has 1 amide bonds. The van der Waals surface area contributed by atoms with Crippen LogP contribution in [0.1, 0.15) is 52.6 Å². The number of aryl methyl sites for hydroxylation is 1. The quantitative estimate of drug-likeness (QED) is 0.690. The molecule has 1 saturated heterocycles. The maximum Gasteiger partial charge on any atom is 0.253 e. The van der Waals surface area contributed by atoms with Crippen LogP contribution in [0.5, 0.6) is 0 Å². The SMILES string of the molecule is CCc1csc(CNC(=O)c2ccc(N3CCC[C@H]3c3ccccn3)nc2)n1. The highest BCUT2D eigenvalue weighted by molar-refractivity contribution is 7.09. The van der Waals surface area contributed by atoms with Crippen molar-refractivity contribution >= 4 is 23.1 Å². The molecule has 144 valence electrons. The second kappa shape index (κ2) is 8.48. The molecule has 0 radical (unpaired) electrons. The molecule has 1 fully saturated rings. The highest BCUT2D eigenvalue weighted by atomic mass is 32.1. The molecule has 7 heteroatoms. The molecule has 3 aromatic heterocycles. The van der Waals surface area contributed by atoms with Gasteiger partial charge in [-0.3, -0.25) is 9.78 Å². The van der Waals surface area contributed by atoms with E-state index >= 15 is 0 Å². The highest BCUT2D eigenvalue weighted by Crippen LogP contribution is 2.34. The lowest BCUT2D eigenvalue weighted by atomic mass is 10.1. The van der Waals surface area contributed by atoms with Gasteiger partial charge in [0.25, 0.3) is 5.91 Å². The normalized spacial score (nSPS) is 16.3. The lowest BCUT2D eigenvalue weighted by Gasteiger charge is -2.25. The van der Waals surface area contributed by atoms with E-state index in [1.54, 1.807) is 17.5 Å². The minimum absolute atomic E-state index is 0.130. The maximum absolute atomic E-state index is 12.4. The van der Waals surface area contributed by atoms with Crippen molar-refractivity contribution in [2.24, 2.45) is 0 Å². The minimum Gasteiger partial charge on any atom is -0.348 e. The second-order valence-electron chi connectivity index (χ2n) is 6.78. The van der Waals surface area contributed by atoms with E-state index in [1.807, 2.05) is 35.8 Å². The van der Waals surface area contributed by atoms with Gasteiger partial charge < -0.3 is 10.2 Å². The first-order chi connectivity index (χ1) is 13.7. The van der Waals surface area contributed by atoms with E-state index in [2.05, 4.69) is 38.2 Å². The standard InChI is InChI=1S/C21H23N5OS/c1-2-16-14-28-20(25-16)13-24-21(27)15-8-9-19(23-12-15)26-11-5-7-18(26)17-6-3-4-10-22-17/h3-4,6,8-10,12,14,18H,2,5,7,11,13H2,1H3,(H,24,27)/t18-/m0/s1. The van der Waals surface area contributed by atoms with Crippen LogP contribution in [0.3, 0.4) is 0 Å². The molecule has 4 heterocycles. The number of carbonyl (C=O) groups excluding carboxylic acids is 1. The molecule has 28 heavy (non-hydrogen) atoms. The summed E-state index contributed by atoms with van der Waals surface area (Å²) in [5, 5.41) is 5.88. The highest BCUT2D eigenvalue weighted by Gasteiger charge is 2.28. The molecule has 6 nitrogen and oxygen atoms in total. The van der Waals surface area contributed by atoms with Gasteiger partial charge >= 0.3 is 0 Å². The number of anilines is 1. The van der Waals surface area contributed by atoms with Gasteiger partial charge in [-0.1, -0.05) is 13.0 Å². The van der Waals surface area contributed by atoms with Crippen molar-refractivity contribution in [2.45, 2.75) is 38.8 Å². The number of aromatic nitrogens is 3. The molecule has 1 N–H and O–H groups in total. The van der Waals surface area contributed by atoms with Crippen LogP contribution in [-0.4, -0.2) is 27.4 Å². The third-order valence-corrected chi connectivity index (χ3v) is 5.85. The summed E-state index contributed by atoms with van der Waals surface area (Å²) in [5.41, 5.74) is 2.69. The van der Waals surface area contributed by atoms with Gasteiger partial charge in [0.2, 0.25) is 0 Å². The minimum atomic E-state index is -0.130. The predicted molar refractivity (Wildman–Crippen MR) is 110 cm³/mol. The molecule has 0 spiro atoms. The first kappa shape index (κ1) is 18.6. The van der Waals surface area contributed by atoms with Gasteiger partial charge in [0.1, 0.15) is 10.8 Å². The Labute approximate surface area is 168 Å². The van der Waals surface area contributed by atoms with Gasteiger partial charge in [-0.2, -0.15) is 0 Å². The number of thiazole rings is 1. The first-order valence-electron chi connectivity index (χ1n) is 9.59. The summed E-state index contributed by atoms with van der Waals surface area (Å²) in [6, 6.07) is 10.0. The van der Waals surface area contributed by atoms with Crippen LogP contribution in [0, 0.1) is 0 Å². The summed E-state index contributed by atoms with van der Waals surface area (Å²) in [5.74, 6) is 0.757. The molecule has 0 bridgehead atoms. The molecule has 0 aromatic carbocycles. The van der Waals surface area contributed by atoms with Gasteiger partial charge in [0.05, 0.1) is 29.5 Å². The number of nitrogens with zero attached hydrogens (tertiary/aromatic N) is 4. The van der Waals surface area contributed by atoms with Crippen LogP contribution in [0.15, 0.2) is 48.1 Å². The van der Waals surface area contributed by atoms with E-state index in [1.165, 1.54) is 0 Å².